The van der Waals surface area contributed by atoms with Crippen LogP contribution in [0.3, 0.4) is 0 Å². The van der Waals surface area contributed by atoms with Crippen molar-refractivity contribution in [1.82, 2.24) is 4.98 Å². The molecule has 0 spiro atoms. The molecule has 0 atom stereocenters. The van der Waals surface area contributed by atoms with Crippen LogP contribution in [0.4, 0.5) is 5.69 Å². The summed E-state index contributed by atoms with van der Waals surface area (Å²) >= 11 is 0. The Hall–Kier alpha value is -2.18. The minimum atomic E-state index is -0.485. The summed E-state index contributed by atoms with van der Waals surface area (Å²) in [7, 11) is -0.485. The maximum absolute atomic E-state index is 12.4. The number of amides is 1. The van der Waals surface area contributed by atoms with Crippen molar-refractivity contribution in [2.75, 3.05) is 5.32 Å². The lowest BCUT2D eigenvalue weighted by Crippen LogP contribution is -2.41. The highest BCUT2D eigenvalue weighted by atomic mass is 16.7. The van der Waals surface area contributed by atoms with Gasteiger partial charge in [0.1, 0.15) is 0 Å². The van der Waals surface area contributed by atoms with Gasteiger partial charge in [-0.2, -0.15) is 0 Å². The third-order valence-electron chi connectivity index (χ3n) is 4.59. The van der Waals surface area contributed by atoms with Gasteiger partial charge in [0.15, 0.2) is 0 Å². The fourth-order valence-electron chi connectivity index (χ4n) is 2.45. The predicted octanol–water partition coefficient (Wildman–Crippen LogP) is 2.63. The van der Waals surface area contributed by atoms with Crippen molar-refractivity contribution in [2.45, 2.75) is 38.9 Å². The molecule has 2 aromatic rings. The van der Waals surface area contributed by atoms with Crippen LogP contribution in [0, 0.1) is 0 Å². The molecule has 1 aromatic carbocycles. The van der Waals surface area contributed by atoms with Crippen LogP contribution in [0.2, 0.25) is 0 Å². The number of nitrogens with zero attached hydrogens (tertiary/aromatic N) is 1. The van der Waals surface area contributed by atoms with Crippen LogP contribution in [0.15, 0.2) is 48.8 Å². The summed E-state index contributed by atoms with van der Waals surface area (Å²) in [5, 5.41) is 2.83. The second-order valence-corrected chi connectivity index (χ2v) is 6.91. The van der Waals surface area contributed by atoms with Crippen LogP contribution in [0.5, 0.6) is 0 Å². The van der Waals surface area contributed by atoms with Crippen molar-refractivity contribution in [3.63, 3.8) is 0 Å². The Morgan fingerprint density at radius 2 is 1.79 bits per heavy atom. The number of anilines is 1. The van der Waals surface area contributed by atoms with Crippen LogP contribution in [-0.2, 0) is 9.31 Å². The van der Waals surface area contributed by atoms with Gasteiger partial charge in [-0.3, -0.25) is 9.78 Å². The van der Waals surface area contributed by atoms with E-state index in [0.29, 0.717) is 11.3 Å². The van der Waals surface area contributed by atoms with Crippen LogP contribution in [0.1, 0.15) is 38.1 Å². The molecule has 2 heterocycles. The number of nitrogens with one attached hydrogen (secondary N) is 1. The number of pyridine rings is 1. The molecule has 0 bridgehead atoms. The van der Waals surface area contributed by atoms with Gasteiger partial charge in [-0.1, -0.05) is 12.1 Å². The molecule has 1 aromatic heterocycles. The molecule has 5 nitrogen and oxygen atoms in total. The van der Waals surface area contributed by atoms with Gasteiger partial charge in [0.05, 0.1) is 23.1 Å². The Bertz CT molecular complexity index is 731. The van der Waals surface area contributed by atoms with Crippen molar-refractivity contribution >= 4 is 24.2 Å². The molecule has 0 aliphatic carbocycles. The van der Waals surface area contributed by atoms with Crippen LogP contribution < -0.4 is 10.8 Å². The number of hydrogen-bond donors (Lipinski definition) is 1. The highest BCUT2D eigenvalue weighted by molar-refractivity contribution is 6.62. The van der Waals surface area contributed by atoms with Crippen molar-refractivity contribution in [2.24, 2.45) is 0 Å². The van der Waals surface area contributed by atoms with Crippen molar-refractivity contribution in [3.8, 4) is 0 Å². The predicted molar refractivity (Wildman–Crippen MR) is 94.3 cm³/mol. The molecular formula is C18H21BN2O3. The van der Waals surface area contributed by atoms with Gasteiger partial charge < -0.3 is 14.6 Å². The van der Waals surface area contributed by atoms with Gasteiger partial charge in [0.25, 0.3) is 5.91 Å². The monoisotopic (exact) mass is 324 g/mol. The highest BCUT2D eigenvalue weighted by Gasteiger charge is 2.51. The number of rotatable bonds is 3. The molecule has 0 unspecified atom stereocenters. The van der Waals surface area contributed by atoms with Gasteiger partial charge in [-0.15, -0.1) is 0 Å². The van der Waals surface area contributed by atoms with E-state index in [0.717, 1.165) is 5.46 Å². The summed E-state index contributed by atoms with van der Waals surface area (Å²) in [6.45, 7) is 8.02. The van der Waals surface area contributed by atoms with Crippen LogP contribution in [0.25, 0.3) is 0 Å². The van der Waals surface area contributed by atoms with E-state index in [4.69, 9.17) is 9.31 Å². The fourth-order valence-corrected chi connectivity index (χ4v) is 2.45. The Kier molecular flexibility index (Phi) is 4.19. The lowest BCUT2D eigenvalue weighted by molar-refractivity contribution is 0.00578. The second-order valence-electron chi connectivity index (χ2n) is 6.91. The number of hydrogen-bond acceptors (Lipinski definition) is 4. The third-order valence-corrected chi connectivity index (χ3v) is 4.59. The summed E-state index contributed by atoms with van der Waals surface area (Å²) in [5.74, 6) is -0.193. The summed E-state index contributed by atoms with van der Waals surface area (Å²) in [6, 6.07) is 10.9. The topological polar surface area (TPSA) is 60.5 Å². The third kappa shape index (κ3) is 3.20. The van der Waals surface area contributed by atoms with Gasteiger partial charge in [0, 0.05) is 11.8 Å². The Balaban J connectivity index is 1.79. The average molecular weight is 324 g/mol. The first-order valence-electron chi connectivity index (χ1n) is 7.95. The summed E-state index contributed by atoms with van der Waals surface area (Å²) < 4.78 is 12.1. The molecule has 1 fully saturated rings. The van der Waals surface area contributed by atoms with Crippen molar-refractivity contribution in [1.29, 1.82) is 0 Å². The largest absolute Gasteiger partial charge is 0.494 e. The first-order valence-corrected chi connectivity index (χ1v) is 7.95. The SMILES string of the molecule is CC1(C)OB(c2cccc(C(=O)Nc3cccnc3)c2)OC1(C)C. The molecule has 0 saturated carbocycles. The van der Waals surface area contributed by atoms with E-state index in [1.54, 1.807) is 36.7 Å². The number of carbonyl (C=O) groups excluding carboxylic acids is 1. The number of carbonyl (C=O) groups is 1. The molecule has 124 valence electrons. The average Bonchev–Trinajstić information content (AvgIpc) is 2.76. The normalized spacial score (nSPS) is 18.4. The first kappa shape index (κ1) is 16.7. The molecule has 1 N–H and O–H groups in total. The maximum Gasteiger partial charge on any atom is 0.494 e. The molecule has 0 radical (unpaired) electrons. The molecule has 1 aliphatic heterocycles. The quantitative estimate of drug-likeness (QED) is 0.882. The van der Waals surface area contributed by atoms with Gasteiger partial charge in [-0.05, 0) is 57.4 Å². The van der Waals surface area contributed by atoms with E-state index in [2.05, 4.69) is 10.3 Å². The molecule has 1 aliphatic rings. The molecule has 3 rings (SSSR count). The fraction of sp³-hybridized carbons (Fsp3) is 0.333. The van der Waals surface area contributed by atoms with E-state index in [-0.39, 0.29) is 5.91 Å². The zero-order valence-electron chi connectivity index (χ0n) is 14.4. The first-order chi connectivity index (χ1) is 11.3. The van der Waals surface area contributed by atoms with E-state index in [9.17, 15) is 4.79 Å². The maximum atomic E-state index is 12.4. The minimum absolute atomic E-state index is 0.193. The van der Waals surface area contributed by atoms with Crippen molar-refractivity contribution in [3.05, 3.63) is 54.4 Å². The summed E-state index contributed by atoms with van der Waals surface area (Å²) in [4.78, 5) is 16.4. The minimum Gasteiger partial charge on any atom is -0.399 e. The second kappa shape index (κ2) is 6.04. The van der Waals surface area contributed by atoms with E-state index >= 15 is 0 Å². The van der Waals surface area contributed by atoms with Crippen LogP contribution in [-0.4, -0.2) is 29.2 Å². The van der Waals surface area contributed by atoms with Gasteiger partial charge in [0.2, 0.25) is 0 Å². The molecule has 1 saturated heterocycles. The van der Waals surface area contributed by atoms with E-state index < -0.39 is 18.3 Å². The smallest absolute Gasteiger partial charge is 0.399 e. The van der Waals surface area contributed by atoms with Crippen LogP contribution >= 0.6 is 0 Å². The Morgan fingerprint density at radius 1 is 1.08 bits per heavy atom. The molecule has 6 heteroatoms. The molecular weight excluding hydrogens is 303 g/mol. The lowest BCUT2D eigenvalue weighted by Gasteiger charge is -2.32. The molecule has 1 amide bonds. The summed E-state index contributed by atoms with van der Waals surface area (Å²) in [6.07, 6.45) is 3.27. The highest BCUT2D eigenvalue weighted by Crippen LogP contribution is 2.36. The van der Waals surface area contributed by atoms with Gasteiger partial charge >= 0.3 is 7.12 Å². The standard InChI is InChI=1S/C18H21BN2O3/c1-17(2)18(3,4)24-19(23-17)14-8-5-7-13(11-14)16(22)21-15-9-6-10-20-12-15/h5-12H,1-4H3,(H,21,22). The van der Waals surface area contributed by atoms with E-state index in [1.807, 2.05) is 39.8 Å². The van der Waals surface area contributed by atoms with Crippen molar-refractivity contribution < 1.29 is 14.1 Å². The Morgan fingerprint density at radius 3 is 2.42 bits per heavy atom. The summed E-state index contributed by atoms with van der Waals surface area (Å²) in [5.41, 5.74) is 1.21. The van der Waals surface area contributed by atoms with E-state index in [1.165, 1.54) is 0 Å². The Labute approximate surface area is 142 Å². The zero-order valence-corrected chi connectivity index (χ0v) is 14.4. The van der Waals surface area contributed by atoms with Gasteiger partial charge in [-0.25, -0.2) is 0 Å². The molecule has 24 heavy (non-hydrogen) atoms. The number of aromatic nitrogens is 1. The zero-order chi connectivity index (χ0) is 17.4. The lowest BCUT2D eigenvalue weighted by atomic mass is 9.78. The number of benzene rings is 1.